The minimum Gasteiger partial charge on any atom is -0.468 e. The highest BCUT2D eigenvalue weighted by molar-refractivity contribution is 5.82. The van der Waals surface area contributed by atoms with Crippen molar-refractivity contribution in [1.82, 2.24) is 5.32 Å². The van der Waals surface area contributed by atoms with Crippen LogP contribution in [0.3, 0.4) is 0 Å². The van der Waals surface area contributed by atoms with Gasteiger partial charge in [-0.2, -0.15) is 0 Å². The van der Waals surface area contributed by atoms with Crippen LogP contribution in [0.1, 0.15) is 13.8 Å². The van der Waals surface area contributed by atoms with Crippen LogP contribution in [0.25, 0.3) is 0 Å². The van der Waals surface area contributed by atoms with Gasteiger partial charge in [-0.15, -0.1) is 0 Å². The number of carbonyl (C=O) groups excluding carboxylic acids is 1. The lowest BCUT2D eigenvalue weighted by molar-refractivity contribution is -0.151. The zero-order chi connectivity index (χ0) is 10.1. The average molecular weight is 187 g/mol. The lowest BCUT2D eigenvalue weighted by atomic mass is 9.75. The highest BCUT2D eigenvalue weighted by Gasteiger charge is 2.55. The summed E-state index contributed by atoms with van der Waals surface area (Å²) in [4.78, 5) is 11.6. The lowest BCUT2D eigenvalue weighted by Crippen LogP contribution is -2.60. The Kier molecular flexibility index (Phi) is 2.63. The monoisotopic (exact) mass is 187 g/mol. The van der Waals surface area contributed by atoms with Gasteiger partial charge in [0.1, 0.15) is 5.54 Å². The maximum absolute atomic E-state index is 11.6. The largest absolute Gasteiger partial charge is 0.468 e. The Morgan fingerprint density at radius 3 is 2.38 bits per heavy atom. The second-order valence-electron chi connectivity index (χ2n) is 4.02. The summed E-state index contributed by atoms with van der Waals surface area (Å²) < 4.78 is 10.1. The van der Waals surface area contributed by atoms with Crippen LogP contribution in [0.15, 0.2) is 0 Å². The highest BCUT2D eigenvalue weighted by Crippen LogP contribution is 2.37. The maximum Gasteiger partial charge on any atom is 0.329 e. The fourth-order valence-electron chi connectivity index (χ4n) is 1.80. The van der Waals surface area contributed by atoms with Crippen LogP contribution in [-0.2, 0) is 14.3 Å². The summed E-state index contributed by atoms with van der Waals surface area (Å²) in [6, 6.07) is 0. The molecule has 0 aromatic heterocycles. The first-order chi connectivity index (χ1) is 6.00. The van der Waals surface area contributed by atoms with E-state index in [0.717, 1.165) is 0 Å². The van der Waals surface area contributed by atoms with Gasteiger partial charge in [-0.3, -0.25) is 0 Å². The van der Waals surface area contributed by atoms with Crippen molar-refractivity contribution in [2.75, 3.05) is 27.4 Å². The number of ether oxygens (including phenoxy) is 2. The predicted molar refractivity (Wildman–Crippen MR) is 48.4 cm³/mol. The molecule has 0 aromatic rings. The van der Waals surface area contributed by atoms with Crippen molar-refractivity contribution in [2.45, 2.75) is 19.4 Å². The number of nitrogens with one attached hydrogen (secondary N) is 1. The molecule has 76 valence electrons. The average Bonchev–Trinajstić information content (AvgIpc) is 2.40. The zero-order valence-electron chi connectivity index (χ0n) is 8.64. The molecule has 4 nitrogen and oxygen atoms in total. The van der Waals surface area contributed by atoms with Crippen LogP contribution in [0.2, 0.25) is 0 Å². The molecule has 1 atom stereocenters. The van der Waals surface area contributed by atoms with E-state index in [1.165, 1.54) is 7.11 Å². The number of hydrogen-bond acceptors (Lipinski definition) is 4. The summed E-state index contributed by atoms with van der Waals surface area (Å²) in [7, 11) is 3.16. The number of hydrogen-bond donors (Lipinski definition) is 1. The van der Waals surface area contributed by atoms with Crippen molar-refractivity contribution < 1.29 is 14.3 Å². The molecule has 0 saturated carbocycles. The Morgan fingerprint density at radius 1 is 1.46 bits per heavy atom. The van der Waals surface area contributed by atoms with Crippen LogP contribution < -0.4 is 5.32 Å². The van der Waals surface area contributed by atoms with Crippen LogP contribution in [0, 0.1) is 5.41 Å². The predicted octanol–water partition coefficient (Wildman–Crippen LogP) is 0.174. The van der Waals surface area contributed by atoms with E-state index in [1.54, 1.807) is 7.05 Å². The van der Waals surface area contributed by atoms with Gasteiger partial charge in [-0.25, -0.2) is 4.79 Å². The molecule has 1 fully saturated rings. The molecule has 4 heteroatoms. The zero-order valence-corrected chi connectivity index (χ0v) is 8.64. The normalized spacial score (nSPS) is 31.7. The van der Waals surface area contributed by atoms with Crippen LogP contribution >= 0.6 is 0 Å². The first-order valence-corrected chi connectivity index (χ1v) is 4.35. The van der Waals surface area contributed by atoms with E-state index >= 15 is 0 Å². The summed E-state index contributed by atoms with van der Waals surface area (Å²) in [6.45, 7) is 4.94. The van der Waals surface area contributed by atoms with Crippen LogP contribution in [-0.4, -0.2) is 38.9 Å². The maximum atomic E-state index is 11.6. The molecular weight excluding hydrogens is 170 g/mol. The number of carbonyl (C=O) groups is 1. The molecule has 1 saturated heterocycles. The molecule has 1 aliphatic heterocycles. The molecule has 0 bridgehead atoms. The van der Waals surface area contributed by atoms with Gasteiger partial charge in [0, 0.05) is 5.41 Å². The van der Waals surface area contributed by atoms with E-state index < -0.39 is 5.54 Å². The topological polar surface area (TPSA) is 47.6 Å². The van der Waals surface area contributed by atoms with Crippen molar-refractivity contribution in [3.8, 4) is 0 Å². The van der Waals surface area contributed by atoms with Crippen LogP contribution in [0.4, 0.5) is 0 Å². The fourth-order valence-corrected chi connectivity index (χ4v) is 1.80. The van der Waals surface area contributed by atoms with Gasteiger partial charge in [0.25, 0.3) is 0 Å². The Bertz CT molecular complexity index is 215. The first kappa shape index (κ1) is 10.5. The second-order valence-corrected chi connectivity index (χ2v) is 4.02. The molecule has 0 aromatic carbocycles. The van der Waals surface area contributed by atoms with Gasteiger partial charge in [0.2, 0.25) is 0 Å². The SMILES string of the molecule is CNC1(C(=O)OC)COCC1(C)C. The molecular formula is C9H17NO3. The number of methoxy groups -OCH3 is 1. The second kappa shape index (κ2) is 3.27. The van der Waals surface area contributed by atoms with Crippen molar-refractivity contribution in [1.29, 1.82) is 0 Å². The minimum atomic E-state index is -0.693. The van der Waals surface area contributed by atoms with Gasteiger partial charge in [-0.05, 0) is 7.05 Å². The Labute approximate surface area is 78.6 Å². The highest BCUT2D eigenvalue weighted by atomic mass is 16.5. The summed E-state index contributed by atoms with van der Waals surface area (Å²) in [5.41, 5.74) is -0.920. The van der Waals surface area contributed by atoms with E-state index in [9.17, 15) is 4.79 Å². The van der Waals surface area contributed by atoms with Gasteiger partial charge < -0.3 is 14.8 Å². The van der Waals surface area contributed by atoms with Crippen LogP contribution in [0.5, 0.6) is 0 Å². The van der Waals surface area contributed by atoms with Crippen molar-refractivity contribution >= 4 is 5.97 Å². The lowest BCUT2D eigenvalue weighted by Gasteiger charge is -2.36. The summed E-state index contributed by atoms with van der Waals surface area (Å²) in [6.07, 6.45) is 0. The van der Waals surface area contributed by atoms with E-state index in [2.05, 4.69) is 5.32 Å². The summed E-state index contributed by atoms with van der Waals surface area (Å²) in [5.74, 6) is -0.252. The molecule has 0 spiro atoms. The summed E-state index contributed by atoms with van der Waals surface area (Å²) in [5, 5.41) is 3.02. The quantitative estimate of drug-likeness (QED) is 0.626. The van der Waals surface area contributed by atoms with Crippen molar-refractivity contribution in [2.24, 2.45) is 5.41 Å². The molecule has 0 amide bonds. The molecule has 1 N–H and O–H groups in total. The van der Waals surface area contributed by atoms with Gasteiger partial charge >= 0.3 is 5.97 Å². The standard InChI is InChI=1S/C9H17NO3/c1-8(2)5-13-6-9(8,10-3)7(11)12-4/h10H,5-6H2,1-4H3. The first-order valence-electron chi connectivity index (χ1n) is 4.35. The minimum absolute atomic E-state index is 0.227. The van der Waals surface area contributed by atoms with Gasteiger partial charge in [0.05, 0.1) is 20.3 Å². The molecule has 1 heterocycles. The Balaban J connectivity index is 2.98. The van der Waals surface area contributed by atoms with Gasteiger partial charge in [-0.1, -0.05) is 13.8 Å². The van der Waals surface area contributed by atoms with Gasteiger partial charge in [0.15, 0.2) is 0 Å². The third-order valence-corrected chi connectivity index (χ3v) is 2.90. The molecule has 1 aliphatic rings. The van der Waals surface area contributed by atoms with E-state index in [0.29, 0.717) is 13.2 Å². The third-order valence-electron chi connectivity index (χ3n) is 2.90. The van der Waals surface area contributed by atoms with E-state index in [1.807, 2.05) is 13.8 Å². The fraction of sp³-hybridized carbons (Fsp3) is 0.889. The van der Waals surface area contributed by atoms with Crippen molar-refractivity contribution in [3.05, 3.63) is 0 Å². The molecule has 1 rings (SSSR count). The molecule has 13 heavy (non-hydrogen) atoms. The number of likely N-dealkylation sites (N-methyl/N-ethyl adjacent to an activating group) is 1. The number of rotatable bonds is 2. The molecule has 0 radical (unpaired) electrons. The Morgan fingerprint density at radius 2 is 2.08 bits per heavy atom. The number of esters is 1. The third kappa shape index (κ3) is 1.34. The summed E-state index contributed by atoms with van der Waals surface area (Å²) >= 11 is 0. The smallest absolute Gasteiger partial charge is 0.329 e. The molecule has 1 unspecified atom stereocenters. The van der Waals surface area contributed by atoms with E-state index in [-0.39, 0.29) is 11.4 Å². The Hall–Kier alpha value is -0.610. The van der Waals surface area contributed by atoms with E-state index in [4.69, 9.17) is 9.47 Å². The molecule has 0 aliphatic carbocycles. The van der Waals surface area contributed by atoms with Crippen molar-refractivity contribution in [3.63, 3.8) is 0 Å².